The van der Waals surface area contributed by atoms with Crippen LogP contribution >= 0.6 is 0 Å². The van der Waals surface area contributed by atoms with Gasteiger partial charge in [-0.05, 0) is 34.4 Å². The molecule has 0 radical (unpaired) electrons. The van der Waals surface area contributed by atoms with E-state index in [1.807, 2.05) is 60.7 Å². The number of aromatic carboxylic acids is 2. The van der Waals surface area contributed by atoms with Crippen molar-refractivity contribution < 1.29 is 19.8 Å². The molecule has 0 atom stereocenters. The van der Waals surface area contributed by atoms with Crippen molar-refractivity contribution in [1.82, 2.24) is 0 Å². The van der Waals surface area contributed by atoms with Crippen LogP contribution in [0.5, 0.6) is 0 Å². The van der Waals surface area contributed by atoms with E-state index in [0.29, 0.717) is 22.6 Å². The number of rotatable bonds is 3. The lowest BCUT2D eigenvalue weighted by molar-refractivity contribution is 0.0686. The summed E-state index contributed by atoms with van der Waals surface area (Å²) in [5.41, 5.74) is 7.14. The van der Waals surface area contributed by atoms with Crippen molar-refractivity contribution >= 4 is 23.4 Å². The number of nitrogens with zero attached hydrogens (tertiary/aromatic N) is 2. The van der Waals surface area contributed by atoms with Gasteiger partial charge in [0, 0.05) is 22.3 Å². The first-order valence-electron chi connectivity index (χ1n) is 10.6. The van der Waals surface area contributed by atoms with E-state index in [9.17, 15) is 19.8 Å². The van der Waals surface area contributed by atoms with Crippen LogP contribution in [0.4, 0.5) is 0 Å². The Balaban J connectivity index is 1.64. The molecule has 0 fully saturated rings. The van der Waals surface area contributed by atoms with E-state index < -0.39 is 11.9 Å². The van der Waals surface area contributed by atoms with Gasteiger partial charge in [-0.1, -0.05) is 72.8 Å². The van der Waals surface area contributed by atoms with Gasteiger partial charge in [0.25, 0.3) is 0 Å². The van der Waals surface area contributed by atoms with Crippen molar-refractivity contribution in [3.8, 4) is 22.3 Å². The summed E-state index contributed by atoms with van der Waals surface area (Å²) in [6, 6.07) is 25.5. The Kier molecular flexibility index (Phi) is 4.28. The molecule has 0 amide bonds. The highest BCUT2D eigenvalue weighted by atomic mass is 16.4. The summed E-state index contributed by atoms with van der Waals surface area (Å²) in [4.78, 5) is 24.0. The van der Waals surface area contributed by atoms with Gasteiger partial charge in [0.1, 0.15) is 11.4 Å². The molecule has 162 valence electrons. The maximum absolute atomic E-state index is 12.0. The second-order valence-corrected chi connectivity index (χ2v) is 8.05. The summed E-state index contributed by atoms with van der Waals surface area (Å²) in [7, 11) is 0. The molecule has 0 unspecified atom stereocenters. The van der Waals surface area contributed by atoms with E-state index >= 15 is 0 Å². The second kappa shape index (κ2) is 7.35. The molecule has 6 heteroatoms. The van der Waals surface area contributed by atoms with E-state index in [-0.39, 0.29) is 11.1 Å². The molecule has 4 aromatic rings. The van der Waals surface area contributed by atoms with Gasteiger partial charge in [0.2, 0.25) is 0 Å². The first-order chi connectivity index (χ1) is 16.6. The lowest BCUT2D eigenvalue weighted by Crippen LogP contribution is -2.09. The van der Waals surface area contributed by atoms with Crippen LogP contribution in [-0.2, 0) is 0 Å². The van der Waals surface area contributed by atoms with E-state index in [4.69, 9.17) is 0 Å². The van der Waals surface area contributed by atoms with E-state index in [0.717, 1.165) is 33.4 Å². The fraction of sp³-hybridized carbons (Fsp3) is 0. The minimum Gasteiger partial charge on any atom is -0.478 e. The second-order valence-electron chi connectivity index (χ2n) is 8.05. The Labute approximate surface area is 194 Å². The predicted molar refractivity (Wildman–Crippen MR) is 129 cm³/mol. The van der Waals surface area contributed by atoms with Crippen LogP contribution in [0.2, 0.25) is 0 Å². The molecule has 0 bridgehead atoms. The summed E-state index contributed by atoms with van der Waals surface area (Å²) in [6.07, 6.45) is 0. The Morgan fingerprint density at radius 3 is 1.21 bits per heavy atom. The Morgan fingerprint density at radius 2 is 0.824 bits per heavy atom. The highest BCUT2D eigenvalue weighted by Gasteiger charge is 2.31. The van der Waals surface area contributed by atoms with Crippen LogP contribution in [0.25, 0.3) is 22.3 Å². The van der Waals surface area contributed by atoms with Crippen molar-refractivity contribution in [3.63, 3.8) is 0 Å². The number of fused-ring (bicyclic) bond motifs is 6. The lowest BCUT2D eigenvalue weighted by Gasteiger charge is -2.06. The average Bonchev–Trinajstić information content (AvgIpc) is 3.35. The number of benzene rings is 4. The Morgan fingerprint density at radius 1 is 0.471 bits per heavy atom. The van der Waals surface area contributed by atoms with Gasteiger partial charge in [-0.15, -0.1) is 10.2 Å². The summed E-state index contributed by atoms with van der Waals surface area (Å²) >= 11 is 0. The molecule has 34 heavy (non-hydrogen) atoms. The number of hydrogen-bond donors (Lipinski definition) is 2. The predicted octanol–water partition coefficient (Wildman–Crippen LogP) is 5.33. The third-order valence-corrected chi connectivity index (χ3v) is 6.26. The van der Waals surface area contributed by atoms with Crippen LogP contribution < -0.4 is 0 Å². The molecule has 4 aromatic carbocycles. The van der Waals surface area contributed by atoms with Crippen molar-refractivity contribution in [2.45, 2.75) is 0 Å². The molecule has 2 N–H and O–H groups in total. The molecule has 0 spiro atoms. The zero-order chi connectivity index (χ0) is 23.4. The molecule has 6 rings (SSSR count). The zero-order valence-corrected chi connectivity index (χ0v) is 17.7. The summed E-state index contributed by atoms with van der Waals surface area (Å²) < 4.78 is 0. The number of hydrogen-bond acceptors (Lipinski definition) is 4. The van der Waals surface area contributed by atoms with E-state index in [2.05, 4.69) is 10.2 Å². The quantitative estimate of drug-likeness (QED) is 0.360. The molecular formula is C28H16N2O4. The summed E-state index contributed by atoms with van der Waals surface area (Å²) in [6.45, 7) is 0. The van der Waals surface area contributed by atoms with E-state index in [1.165, 1.54) is 0 Å². The monoisotopic (exact) mass is 444 g/mol. The van der Waals surface area contributed by atoms with Crippen LogP contribution in [0.3, 0.4) is 0 Å². The van der Waals surface area contributed by atoms with Gasteiger partial charge in [-0.25, -0.2) is 9.59 Å². The van der Waals surface area contributed by atoms with Crippen molar-refractivity contribution in [2.75, 3.05) is 0 Å². The normalized spacial score (nSPS) is 15.1. The first-order valence-corrected chi connectivity index (χ1v) is 10.6. The molecule has 2 aliphatic carbocycles. The highest BCUT2D eigenvalue weighted by molar-refractivity contribution is 6.30. The number of carboxylic acid groups (broad SMARTS) is 2. The van der Waals surface area contributed by atoms with Gasteiger partial charge in [-0.3, -0.25) is 0 Å². The smallest absolute Gasteiger partial charge is 0.336 e. The SMILES string of the molecule is O=C(O)c1cccc2c1C(=NN=C1c3ccccc3-c3cccc(C(=O)O)c31)c1ccccc1-2. The molecule has 2 aliphatic rings. The standard InChI is InChI=1S/C28H16N2O4/c31-27(32)21-13-5-11-17-15-7-1-3-9-19(15)25(23(17)21)29-30-26-20-10-4-2-8-16(20)18-12-6-14-22(24(18)26)28(33)34/h1-14H,(H,31,32)(H,33,34). The summed E-state index contributed by atoms with van der Waals surface area (Å²) in [5, 5.41) is 28.8. The highest BCUT2D eigenvalue weighted by Crippen LogP contribution is 2.41. The number of carbonyl (C=O) groups is 2. The molecule has 0 heterocycles. The molecule has 0 aliphatic heterocycles. The van der Waals surface area contributed by atoms with Crippen LogP contribution in [0.15, 0.2) is 95.1 Å². The van der Waals surface area contributed by atoms with Crippen molar-refractivity contribution in [2.24, 2.45) is 10.2 Å². The minimum absolute atomic E-state index is 0.145. The maximum atomic E-state index is 12.0. The van der Waals surface area contributed by atoms with Crippen molar-refractivity contribution in [3.05, 3.63) is 118 Å². The first kappa shape index (κ1) is 19.8. The van der Waals surface area contributed by atoms with E-state index in [1.54, 1.807) is 24.3 Å². The Bertz CT molecular complexity index is 1490. The minimum atomic E-state index is -1.05. The van der Waals surface area contributed by atoms with Gasteiger partial charge in [-0.2, -0.15) is 0 Å². The van der Waals surface area contributed by atoms with Crippen LogP contribution in [0, 0.1) is 0 Å². The molecule has 0 saturated carbocycles. The fourth-order valence-electron chi connectivity index (χ4n) is 4.85. The van der Waals surface area contributed by atoms with Gasteiger partial charge in [0.15, 0.2) is 0 Å². The summed E-state index contributed by atoms with van der Waals surface area (Å²) in [5.74, 6) is -2.09. The topological polar surface area (TPSA) is 99.3 Å². The molecular weight excluding hydrogens is 428 g/mol. The molecule has 0 saturated heterocycles. The lowest BCUT2D eigenvalue weighted by atomic mass is 10.0. The largest absolute Gasteiger partial charge is 0.478 e. The average molecular weight is 444 g/mol. The van der Waals surface area contributed by atoms with Crippen LogP contribution in [-0.4, -0.2) is 33.6 Å². The number of carboxylic acids is 2. The van der Waals surface area contributed by atoms with Crippen molar-refractivity contribution in [1.29, 1.82) is 0 Å². The fourth-order valence-corrected chi connectivity index (χ4v) is 4.85. The molecule has 0 aromatic heterocycles. The van der Waals surface area contributed by atoms with Gasteiger partial charge >= 0.3 is 11.9 Å². The maximum Gasteiger partial charge on any atom is 0.336 e. The third-order valence-electron chi connectivity index (χ3n) is 6.26. The Hall–Kier alpha value is -4.84. The van der Waals surface area contributed by atoms with Gasteiger partial charge < -0.3 is 10.2 Å². The van der Waals surface area contributed by atoms with Crippen LogP contribution in [0.1, 0.15) is 43.0 Å². The third kappa shape index (κ3) is 2.75. The van der Waals surface area contributed by atoms with Gasteiger partial charge in [0.05, 0.1) is 11.1 Å². The zero-order valence-electron chi connectivity index (χ0n) is 17.7. The molecule has 6 nitrogen and oxygen atoms in total.